The first-order chi connectivity index (χ1) is 16.2. The Balaban J connectivity index is 1.22. The van der Waals surface area contributed by atoms with Crippen LogP contribution in [0.15, 0.2) is 73.1 Å². The van der Waals surface area contributed by atoms with Crippen LogP contribution in [0.4, 0.5) is 5.69 Å². The molecule has 2 aromatic heterocycles. The van der Waals surface area contributed by atoms with Gasteiger partial charge in [-0.3, -0.25) is 9.88 Å². The number of hydrogen-bond acceptors (Lipinski definition) is 4. The van der Waals surface area contributed by atoms with E-state index in [1.165, 1.54) is 36.8 Å². The van der Waals surface area contributed by atoms with E-state index < -0.39 is 0 Å². The molecule has 7 rings (SSSR count). The van der Waals surface area contributed by atoms with E-state index in [0.29, 0.717) is 12.1 Å². The summed E-state index contributed by atoms with van der Waals surface area (Å²) in [7, 11) is 1.69. The first-order valence-electron chi connectivity index (χ1n) is 11.9. The van der Waals surface area contributed by atoms with Gasteiger partial charge in [0.15, 0.2) is 0 Å². The third kappa shape index (κ3) is 3.66. The fourth-order valence-corrected chi connectivity index (χ4v) is 5.66. The summed E-state index contributed by atoms with van der Waals surface area (Å²) in [4.78, 5) is 7.41. The molecule has 168 valence electrons. The summed E-state index contributed by atoms with van der Waals surface area (Å²) in [5.74, 6) is 1.64. The molecule has 2 atom stereocenters. The smallest absolute Gasteiger partial charge is 0.119 e. The number of hydrogen-bond donors (Lipinski definition) is 1. The second-order valence-corrected chi connectivity index (χ2v) is 9.37. The van der Waals surface area contributed by atoms with Crippen molar-refractivity contribution in [3.05, 3.63) is 73.1 Å². The quantitative estimate of drug-likeness (QED) is 0.441. The normalized spacial score (nSPS) is 24.2. The van der Waals surface area contributed by atoms with E-state index in [-0.39, 0.29) is 0 Å². The highest BCUT2D eigenvalue weighted by Crippen LogP contribution is 2.34. The summed E-state index contributed by atoms with van der Waals surface area (Å²) < 4.78 is 7.49. The van der Waals surface area contributed by atoms with Gasteiger partial charge in [0.1, 0.15) is 5.75 Å². The number of ether oxygens (including phenoxy) is 1. The van der Waals surface area contributed by atoms with Crippen LogP contribution in [0.25, 0.3) is 27.8 Å². The standard InChI is InChI=1S/C28H30N4O/c1-19-28(20-11-14-31(19)15-12-20)30-23-4-9-26(29-18-23)21-3-10-27-22(17-21)13-16-32(27)24-5-7-25(33-2)8-6-24/h3-10,13,16-20,28,30H,11-12,14-15H2,1-2H3. The lowest BCUT2D eigenvalue weighted by atomic mass is 9.79. The summed E-state index contributed by atoms with van der Waals surface area (Å²) in [5, 5.41) is 4.99. The number of piperidine rings is 3. The molecule has 2 unspecified atom stereocenters. The zero-order chi connectivity index (χ0) is 22.4. The lowest BCUT2D eigenvalue weighted by molar-refractivity contribution is 0.0458. The number of rotatable bonds is 5. The Morgan fingerprint density at radius 1 is 0.970 bits per heavy atom. The van der Waals surface area contributed by atoms with Crippen LogP contribution in [-0.4, -0.2) is 46.7 Å². The zero-order valence-electron chi connectivity index (χ0n) is 19.2. The topological polar surface area (TPSA) is 42.3 Å². The summed E-state index contributed by atoms with van der Waals surface area (Å²) in [6, 6.07) is 22.3. The van der Waals surface area contributed by atoms with Crippen LogP contribution in [0.3, 0.4) is 0 Å². The van der Waals surface area contributed by atoms with Crippen molar-refractivity contribution in [1.29, 1.82) is 0 Å². The van der Waals surface area contributed by atoms with Crippen LogP contribution in [0.2, 0.25) is 0 Å². The van der Waals surface area contributed by atoms with Crippen molar-refractivity contribution in [2.75, 3.05) is 25.5 Å². The number of anilines is 1. The molecule has 2 aromatic carbocycles. The molecular weight excluding hydrogens is 408 g/mol. The molecule has 33 heavy (non-hydrogen) atoms. The Morgan fingerprint density at radius 2 is 1.79 bits per heavy atom. The predicted molar refractivity (Wildman–Crippen MR) is 134 cm³/mol. The highest BCUT2D eigenvalue weighted by molar-refractivity contribution is 5.86. The Hall–Kier alpha value is -3.31. The van der Waals surface area contributed by atoms with Crippen molar-refractivity contribution in [2.24, 2.45) is 5.92 Å². The lowest BCUT2D eigenvalue weighted by Gasteiger charge is -2.50. The summed E-state index contributed by atoms with van der Waals surface area (Å²) >= 11 is 0. The summed E-state index contributed by atoms with van der Waals surface area (Å²) in [5.41, 5.74) is 5.56. The van der Waals surface area contributed by atoms with E-state index in [2.05, 4.69) is 76.4 Å². The van der Waals surface area contributed by atoms with Gasteiger partial charge in [0, 0.05) is 34.9 Å². The molecule has 0 spiro atoms. The van der Waals surface area contributed by atoms with Crippen molar-refractivity contribution >= 4 is 16.6 Å². The molecule has 5 nitrogen and oxygen atoms in total. The summed E-state index contributed by atoms with van der Waals surface area (Å²) in [6.45, 7) is 4.87. The van der Waals surface area contributed by atoms with Crippen molar-refractivity contribution in [1.82, 2.24) is 14.5 Å². The van der Waals surface area contributed by atoms with Crippen LogP contribution in [-0.2, 0) is 0 Å². The zero-order valence-corrected chi connectivity index (χ0v) is 19.2. The Kier molecular flexibility index (Phi) is 5.07. The second-order valence-electron chi connectivity index (χ2n) is 9.37. The number of fused-ring (bicyclic) bond motifs is 4. The fraction of sp³-hybridized carbons (Fsp3) is 0.321. The van der Waals surface area contributed by atoms with E-state index in [0.717, 1.165) is 34.3 Å². The molecule has 1 N–H and O–H groups in total. The SMILES string of the molecule is COc1ccc(-n2ccc3cc(-c4ccc(NC5C6CCN(CC6)C5C)cn4)ccc32)cc1. The van der Waals surface area contributed by atoms with Crippen LogP contribution >= 0.6 is 0 Å². The highest BCUT2D eigenvalue weighted by Gasteiger charge is 2.39. The molecule has 0 saturated carbocycles. The second kappa shape index (κ2) is 8.23. The minimum Gasteiger partial charge on any atom is -0.497 e. The minimum absolute atomic E-state index is 0.522. The molecule has 3 fully saturated rings. The monoisotopic (exact) mass is 438 g/mol. The highest BCUT2D eigenvalue weighted by atomic mass is 16.5. The molecule has 0 aliphatic carbocycles. The molecule has 3 aliphatic rings. The third-order valence-corrected chi connectivity index (χ3v) is 7.61. The van der Waals surface area contributed by atoms with E-state index in [1.54, 1.807) is 7.11 Å². The first-order valence-corrected chi connectivity index (χ1v) is 11.9. The number of methoxy groups -OCH3 is 1. The molecular formula is C28H30N4O. The Morgan fingerprint density at radius 3 is 2.48 bits per heavy atom. The van der Waals surface area contributed by atoms with Gasteiger partial charge in [-0.2, -0.15) is 0 Å². The van der Waals surface area contributed by atoms with E-state index in [4.69, 9.17) is 9.72 Å². The van der Waals surface area contributed by atoms with Gasteiger partial charge in [-0.15, -0.1) is 0 Å². The number of pyridine rings is 1. The number of aromatic nitrogens is 2. The van der Waals surface area contributed by atoms with E-state index >= 15 is 0 Å². The molecule has 5 heteroatoms. The Labute approximate surface area is 195 Å². The van der Waals surface area contributed by atoms with Gasteiger partial charge in [0.05, 0.1) is 30.2 Å². The third-order valence-electron chi connectivity index (χ3n) is 7.61. The maximum absolute atomic E-state index is 5.28. The van der Waals surface area contributed by atoms with Crippen LogP contribution in [0, 0.1) is 5.92 Å². The van der Waals surface area contributed by atoms with Crippen molar-refractivity contribution in [2.45, 2.75) is 31.8 Å². The van der Waals surface area contributed by atoms with Gasteiger partial charge in [0.2, 0.25) is 0 Å². The average molecular weight is 439 g/mol. The van der Waals surface area contributed by atoms with Crippen molar-refractivity contribution in [3.63, 3.8) is 0 Å². The molecule has 3 aliphatic heterocycles. The van der Waals surface area contributed by atoms with Crippen molar-refractivity contribution < 1.29 is 4.74 Å². The largest absolute Gasteiger partial charge is 0.497 e. The first kappa shape index (κ1) is 20.3. The number of benzene rings is 2. The average Bonchev–Trinajstić information content (AvgIpc) is 3.30. The van der Waals surface area contributed by atoms with Crippen molar-refractivity contribution in [3.8, 4) is 22.7 Å². The van der Waals surface area contributed by atoms with Crippen LogP contribution < -0.4 is 10.1 Å². The number of nitrogens with one attached hydrogen (secondary N) is 1. The van der Waals surface area contributed by atoms with Gasteiger partial charge in [-0.25, -0.2) is 0 Å². The minimum atomic E-state index is 0.522. The molecule has 0 radical (unpaired) electrons. The number of nitrogens with zero attached hydrogens (tertiary/aromatic N) is 3. The molecule has 5 heterocycles. The van der Waals surface area contributed by atoms with Gasteiger partial charge >= 0.3 is 0 Å². The molecule has 4 aromatic rings. The van der Waals surface area contributed by atoms with Gasteiger partial charge in [-0.05, 0) is 93.4 Å². The lowest BCUT2D eigenvalue weighted by Crippen LogP contribution is -2.59. The maximum atomic E-state index is 5.28. The van der Waals surface area contributed by atoms with Gasteiger partial charge < -0.3 is 14.6 Å². The predicted octanol–water partition coefficient (Wildman–Crippen LogP) is 5.60. The fourth-order valence-electron chi connectivity index (χ4n) is 5.66. The van der Waals surface area contributed by atoms with Crippen LogP contribution in [0.1, 0.15) is 19.8 Å². The summed E-state index contributed by atoms with van der Waals surface area (Å²) in [6.07, 6.45) is 6.73. The van der Waals surface area contributed by atoms with Gasteiger partial charge in [0.25, 0.3) is 0 Å². The molecule has 3 saturated heterocycles. The Bertz CT molecular complexity index is 1250. The molecule has 0 amide bonds. The van der Waals surface area contributed by atoms with E-state index in [1.807, 2.05) is 18.3 Å². The molecule has 2 bridgehead atoms. The van der Waals surface area contributed by atoms with E-state index in [9.17, 15) is 0 Å². The van der Waals surface area contributed by atoms with Crippen LogP contribution in [0.5, 0.6) is 5.75 Å². The maximum Gasteiger partial charge on any atom is 0.119 e. The van der Waals surface area contributed by atoms with Gasteiger partial charge in [-0.1, -0.05) is 6.07 Å².